The molecule has 0 fully saturated rings. The molecule has 0 N–H and O–H groups in total. The van der Waals surface area contributed by atoms with Crippen LogP contribution in [0.4, 0.5) is 0 Å². The number of hydrogen-bond donors (Lipinski definition) is 0. The van der Waals surface area contributed by atoms with E-state index in [4.69, 9.17) is 58.0 Å². The molecule has 0 amide bonds. The number of carbonyl (C=O) groups excluding carboxylic acids is 1. The lowest BCUT2D eigenvalue weighted by Crippen LogP contribution is -2.02. The molecule has 110 valence electrons. The summed E-state index contributed by atoms with van der Waals surface area (Å²) in [7, 11) is 1.27. The first-order valence-electron chi connectivity index (χ1n) is 5.43. The van der Waals surface area contributed by atoms with Gasteiger partial charge in [0.25, 0.3) is 0 Å². The zero-order chi connectivity index (χ0) is 15.7. The molecule has 1 heterocycles. The number of nitrogens with zero attached hydrogens (tertiary/aromatic N) is 1. The minimum atomic E-state index is -0.539. The third-order valence-electron chi connectivity index (χ3n) is 2.66. The number of methoxy groups -OCH3 is 1. The van der Waals surface area contributed by atoms with Gasteiger partial charge in [-0.1, -0.05) is 58.0 Å². The van der Waals surface area contributed by atoms with Gasteiger partial charge in [-0.3, -0.25) is 4.98 Å². The van der Waals surface area contributed by atoms with Gasteiger partial charge in [0.15, 0.2) is 0 Å². The molecule has 0 aliphatic heterocycles. The quantitative estimate of drug-likeness (QED) is 0.372. The lowest BCUT2D eigenvalue weighted by molar-refractivity contribution is 0.0600. The summed E-state index contributed by atoms with van der Waals surface area (Å²) in [5.41, 5.74) is 1.05. The standard InChI is InChI=1S/C13H6Cl5NO2/c1-21-13(20)6-2-5(3-19-4-6)7-8(14)10(16)12(18)11(17)9(7)15/h2-4H,1H3. The lowest BCUT2D eigenvalue weighted by Gasteiger charge is -2.12. The van der Waals surface area contributed by atoms with Crippen LogP contribution >= 0.6 is 58.0 Å². The van der Waals surface area contributed by atoms with Gasteiger partial charge >= 0.3 is 5.97 Å². The van der Waals surface area contributed by atoms with Crippen LogP contribution in [0.5, 0.6) is 0 Å². The van der Waals surface area contributed by atoms with Crippen molar-refractivity contribution in [3.05, 3.63) is 49.1 Å². The number of rotatable bonds is 2. The average Bonchev–Trinajstić information content (AvgIpc) is 2.50. The van der Waals surface area contributed by atoms with Crippen molar-refractivity contribution in [1.82, 2.24) is 4.98 Å². The van der Waals surface area contributed by atoms with Crippen LogP contribution in [0.15, 0.2) is 18.5 Å². The minimum Gasteiger partial charge on any atom is -0.465 e. The van der Waals surface area contributed by atoms with Crippen LogP contribution in [0.1, 0.15) is 10.4 Å². The highest BCUT2D eigenvalue weighted by Crippen LogP contribution is 2.48. The highest BCUT2D eigenvalue weighted by molar-refractivity contribution is 6.56. The Kier molecular flexibility index (Phi) is 5.23. The van der Waals surface area contributed by atoms with E-state index in [0.717, 1.165) is 0 Å². The van der Waals surface area contributed by atoms with E-state index in [2.05, 4.69) is 9.72 Å². The van der Waals surface area contributed by atoms with Crippen molar-refractivity contribution in [2.24, 2.45) is 0 Å². The Labute approximate surface area is 145 Å². The number of hydrogen-bond acceptors (Lipinski definition) is 3. The van der Waals surface area contributed by atoms with Crippen molar-refractivity contribution in [3.63, 3.8) is 0 Å². The molecule has 0 spiro atoms. The minimum absolute atomic E-state index is 0.0640. The highest BCUT2D eigenvalue weighted by atomic mass is 35.5. The molecule has 0 unspecified atom stereocenters. The molecule has 0 saturated heterocycles. The summed E-state index contributed by atoms with van der Waals surface area (Å²) in [6.07, 6.45) is 2.83. The van der Waals surface area contributed by atoms with Crippen molar-refractivity contribution < 1.29 is 9.53 Å². The van der Waals surface area contributed by atoms with Crippen molar-refractivity contribution in [1.29, 1.82) is 0 Å². The number of esters is 1. The molecule has 0 saturated carbocycles. The summed E-state index contributed by atoms with van der Waals surface area (Å²) in [5.74, 6) is -0.539. The second-order valence-electron chi connectivity index (χ2n) is 3.90. The monoisotopic (exact) mass is 383 g/mol. The van der Waals surface area contributed by atoms with Gasteiger partial charge < -0.3 is 4.74 Å². The van der Waals surface area contributed by atoms with Crippen LogP contribution in [-0.2, 0) is 4.74 Å². The number of carbonyl (C=O) groups is 1. The Morgan fingerprint density at radius 2 is 1.48 bits per heavy atom. The predicted molar refractivity (Wildman–Crippen MR) is 86.1 cm³/mol. The highest BCUT2D eigenvalue weighted by Gasteiger charge is 2.21. The van der Waals surface area contributed by atoms with Gasteiger partial charge in [0.1, 0.15) is 0 Å². The van der Waals surface area contributed by atoms with Crippen molar-refractivity contribution >= 4 is 64.0 Å². The van der Waals surface area contributed by atoms with Gasteiger partial charge in [-0.05, 0) is 6.07 Å². The van der Waals surface area contributed by atoms with Gasteiger partial charge in [-0.15, -0.1) is 0 Å². The molecule has 0 aliphatic carbocycles. The largest absolute Gasteiger partial charge is 0.465 e. The Balaban J connectivity index is 2.71. The van der Waals surface area contributed by atoms with Crippen LogP contribution in [0.25, 0.3) is 11.1 Å². The van der Waals surface area contributed by atoms with Crippen LogP contribution in [0.2, 0.25) is 25.1 Å². The molecular weight excluding hydrogens is 379 g/mol. The fourth-order valence-electron chi connectivity index (χ4n) is 1.66. The zero-order valence-corrected chi connectivity index (χ0v) is 14.2. The third kappa shape index (κ3) is 3.08. The van der Waals surface area contributed by atoms with Gasteiger partial charge in [0.2, 0.25) is 0 Å². The Bertz CT molecular complexity index is 704. The summed E-state index contributed by atoms with van der Waals surface area (Å²) in [5, 5.41) is 0.464. The first kappa shape index (κ1) is 16.7. The molecular formula is C13H6Cl5NO2. The second-order valence-corrected chi connectivity index (χ2v) is 5.79. The Morgan fingerprint density at radius 3 is 2.00 bits per heavy atom. The zero-order valence-electron chi connectivity index (χ0n) is 10.4. The fourth-order valence-corrected chi connectivity index (χ4v) is 3.02. The van der Waals surface area contributed by atoms with E-state index in [1.54, 1.807) is 0 Å². The number of halogens is 5. The van der Waals surface area contributed by atoms with E-state index in [1.165, 1.54) is 25.6 Å². The lowest BCUT2D eigenvalue weighted by atomic mass is 10.1. The number of benzene rings is 1. The Hall–Kier alpha value is -0.710. The Morgan fingerprint density at radius 1 is 0.952 bits per heavy atom. The van der Waals surface area contributed by atoms with Gasteiger partial charge in [-0.2, -0.15) is 0 Å². The maximum Gasteiger partial charge on any atom is 0.339 e. The summed E-state index contributed by atoms with van der Waals surface area (Å²) < 4.78 is 4.64. The molecule has 8 heteroatoms. The maximum absolute atomic E-state index is 11.6. The van der Waals surface area contributed by atoms with Crippen LogP contribution < -0.4 is 0 Å². The molecule has 3 nitrogen and oxygen atoms in total. The van der Waals surface area contributed by atoms with Crippen LogP contribution in [-0.4, -0.2) is 18.1 Å². The van der Waals surface area contributed by atoms with Crippen LogP contribution in [0, 0.1) is 0 Å². The number of aromatic nitrogens is 1. The summed E-state index contributed by atoms with van der Waals surface area (Å²) in [6, 6.07) is 1.52. The molecule has 2 rings (SSSR count). The SMILES string of the molecule is COC(=O)c1cncc(-c2c(Cl)c(Cl)c(Cl)c(Cl)c2Cl)c1. The first-order chi connectivity index (χ1) is 9.88. The average molecular weight is 385 g/mol. The van der Waals surface area contributed by atoms with E-state index in [-0.39, 0.29) is 30.7 Å². The van der Waals surface area contributed by atoms with Crippen molar-refractivity contribution in [2.75, 3.05) is 7.11 Å². The van der Waals surface area contributed by atoms with E-state index in [1.807, 2.05) is 0 Å². The van der Waals surface area contributed by atoms with E-state index in [9.17, 15) is 4.79 Å². The van der Waals surface area contributed by atoms with Crippen molar-refractivity contribution in [2.45, 2.75) is 0 Å². The molecule has 21 heavy (non-hydrogen) atoms. The molecule has 2 aromatic rings. The number of pyridine rings is 1. The number of ether oxygens (including phenoxy) is 1. The second kappa shape index (κ2) is 6.59. The van der Waals surface area contributed by atoms with E-state index in [0.29, 0.717) is 11.1 Å². The normalized spacial score (nSPS) is 10.6. The summed E-state index contributed by atoms with van der Waals surface area (Å²) in [4.78, 5) is 15.5. The molecule has 1 aromatic carbocycles. The molecule has 0 bridgehead atoms. The summed E-state index contributed by atoms with van der Waals surface area (Å²) >= 11 is 30.3. The van der Waals surface area contributed by atoms with E-state index < -0.39 is 5.97 Å². The summed E-state index contributed by atoms with van der Waals surface area (Å²) in [6.45, 7) is 0. The van der Waals surface area contributed by atoms with Crippen molar-refractivity contribution in [3.8, 4) is 11.1 Å². The third-order valence-corrected chi connectivity index (χ3v) is 4.93. The first-order valence-corrected chi connectivity index (χ1v) is 7.32. The molecule has 0 radical (unpaired) electrons. The smallest absolute Gasteiger partial charge is 0.339 e. The maximum atomic E-state index is 11.6. The van der Waals surface area contributed by atoms with Crippen LogP contribution in [0.3, 0.4) is 0 Å². The fraction of sp³-hybridized carbons (Fsp3) is 0.0769. The molecule has 0 atom stereocenters. The van der Waals surface area contributed by atoms with Gasteiger partial charge in [0.05, 0.1) is 37.8 Å². The topological polar surface area (TPSA) is 39.2 Å². The van der Waals surface area contributed by atoms with E-state index >= 15 is 0 Å². The van der Waals surface area contributed by atoms with Gasteiger partial charge in [-0.25, -0.2) is 4.79 Å². The molecule has 1 aromatic heterocycles. The van der Waals surface area contributed by atoms with Gasteiger partial charge in [0, 0.05) is 23.5 Å². The molecule has 0 aliphatic rings. The predicted octanol–water partition coefficient (Wildman–Crippen LogP) is 5.80.